The molecule has 7 heteroatoms. The number of aryl methyl sites for hydroxylation is 1. The third-order valence-electron chi connectivity index (χ3n) is 5.09. The maximum absolute atomic E-state index is 12.8. The molecule has 1 aliphatic rings. The van der Waals surface area contributed by atoms with Crippen LogP contribution < -0.4 is 10.1 Å². The van der Waals surface area contributed by atoms with Gasteiger partial charge >= 0.3 is 0 Å². The first-order valence-electron chi connectivity index (χ1n) is 10.0. The van der Waals surface area contributed by atoms with Crippen molar-refractivity contribution in [3.8, 4) is 5.75 Å². The minimum absolute atomic E-state index is 0.251. The van der Waals surface area contributed by atoms with Crippen molar-refractivity contribution in [1.29, 1.82) is 0 Å². The Balaban J connectivity index is 1.63. The fourth-order valence-corrected chi connectivity index (χ4v) is 4.83. The number of amides is 1. The number of carbonyl (C=O) groups is 1. The molecule has 0 bridgehead atoms. The van der Waals surface area contributed by atoms with E-state index in [0.717, 1.165) is 31.2 Å². The smallest absolute Gasteiger partial charge is 0.265 e. The zero-order chi connectivity index (χ0) is 20.9. The molecule has 1 heterocycles. The Kier molecular flexibility index (Phi) is 6.92. The topological polar surface area (TPSA) is 75.7 Å². The van der Waals surface area contributed by atoms with E-state index in [9.17, 15) is 13.2 Å². The van der Waals surface area contributed by atoms with Crippen LogP contribution in [0, 0.1) is 6.92 Å². The summed E-state index contributed by atoms with van der Waals surface area (Å²) in [4.78, 5) is 12.7. The van der Waals surface area contributed by atoms with Crippen molar-refractivity contribution in [1.82, 2.24) is 4.31 Å². The number of ether oxygens (including phenoxy) is 1. The van der Waals surface area contributed by atoms with Crippen LogP contribution in [-0.4, -0.2) is 37.8 Å². The van der Waals surface area contributed by atoms with Crippen molar-refractivity contribution in [3.05, 3.63) is 54.1 Å². The van der Waals surface area contributed by atoms with Gasteiger partial charge in [0.25, 0.3) is 5.91 Å². The molecule has 29 heavy (non-hydrogen) atoms. The summed E-state index contributed by atoms with van der Waals surface area (Å²) in [5.41, 5.74) is 1.49. The third kappa shape index (κ3) is 5.36. The van der Waals surface area contributed by atoms with Crippen molar-refractivity contribution in [2.75, 3.05) is 18.4 Å². The molecule has 1 fully saturated rings. The number of carbonyl (C=O) groups excluding carboxylic acids is 1. The summed E-state index contributed by atoms with van der Waals surface area (Å²) in [6.45, 7) is 4.73. The van der Waals surface area contributed by atoms with Gasteiger partial charge in [-0.2, -0.15) is 4.31 Å². The van der Waals surface area contributed by atoms with E-state index in [1.807, 2.05) is 31.2 Å². The summed E-state index contributed by atoms with van der Waals surface area (Å²) in [6.07, 6.45) is 3.24. The molecule has 0 unspecified atom stereocenters. The number of anilines is 1. The minimum Gasteiger partial charge on any atom is -0.481 e. The second-order valence-corrected chi connectivity index (χ2v) is 9.30. The van der Waals surface area contributed by atoms with Gasteiger partial charge in [0, 0.05) is 18.8 Å². The van der Waals surface area contributed by atoms with E-state index in [-0.39, 0.29) is 10.8 Å². The molecular formula is C22H28N2O4S. The SMILES string of the molecule is Cc1ccccc1O[C@H](C)C(=O)Nc1ccc(S(=O)(=O)N2CCCCCC2)cc1. The van der Waals surface area contributed by atoms with Crippen LogP contribution in [0.5, 0.6) is 5.75 Å². The van der Waals surface area contributed by atoms with Crippen molar-refractivity contribution in [2.24, 2.45) is 0 Å². The normalized spacial score (nSPS) is 16.6. The fraction of sp³-hybridized carbons (Fsp3) is 0.409. The van der Waals surface area contributed by atoms with Gasteiger partial charge in [-0.05, 0) is 62.6 Å². The molecule has 3 rings (SSSR count). The minimum atomic E-state index is -3.50. The quantitative estimate of drug-likeness (QED) is 0.773. The Morgan fingerprint density at radius 1 is 1.00 bits per heavy atom. The highest BCUT2D eigenvalue weighted by Gasteiger charge is 2.25. The third-order valence-corrected chi connectivity index (χ3v) is 7.00. The number of benzene rings is 2. The molecule has 6 nitrogen and oxygen atoms in total. The summed E-state index contributed by atoms with van der Waals surface area (Å²) < 4.78 is 33.0. The summed E-state index contributed by atoms with van der Waals surface area (Å²) in [6, 6.07) is 13.8. The molecule has 0 aliphatic carbocycles. The largest absolute Gasteiger partial charge is 0.481 e. The van der Waals surface area contributed by atoms with Crippen molar-refractivity contribution in [3.63, 3.8) is 0 Å². The first-order valence-corrected chi connectivity index (χ1v) is 11.5. The highest BCUT2D eigenvalue weighted by Crippen LogP contribution is 2.22. The molecule has 0 saturated carbocycles. The van der Waals surface area contributed by atoms with Gasteiger partial charge in [0.1, 0.15) is 5.75 Å². The molecule has 0 spiro atoms. The van der Waals surface area contributed by atoms with E-state index < -0.39 is 16.1 Å². The molecule has 0 radical (unpaired) electrons. The van der Waals surface area contributed by atoms with Gasteiger partial charge in [0.2, 0.25) is 10.0 Å². The van der Waals surface area contributed by atoms with Crippen LogP contribution in [0.1, 0.15) is 38.2 Å². The van der Waals surface area contributed by atoms with E-state index in [1.165, 1.54) is 0 Å². The van der Waals surface area contributed by atoms with Crippen LogP contribution in [0.15, 0.2) is 53.4 Å². The van der Waals surface area contributed by atoms with Gasteiger partial charge in [-0.1, -0.05) is 31.0 Å². The molecule has 156 valence electrons. The van der Waals surface area contributed by atoms with Crippen LogP contribution in [0.3, 0.4) is 0 Å². The standard InChI is InChI=1S/C22H28N2O4S/c1-17-9-5-6-10-21(17)28-18(2)22(25)23-19-11-13-20(14-12-19)29(26,27)24-15-7-3-4-8-16-24/h5-6,9-14,18H,3-4,7-8,15-16H2,1-2H3,(H,23,25)/t18-/m1/s1. The van der Waals surface area contributed by atoms with Crippen LogP contribution in [0.25, 0.3) is 0 Å². The maximum atomic E-state index is 12.8. The molecular weight excluding hydrogens is 388 g/mol. The predicted octanol–water partition coefficient (Wildman–Crippen LogP) is 3.97. The van der Waals surface area contributed by atoms with Crippen LogP contribution in [-0.2, 0) is 14.8 Å². The molecule has 2 aromatic carbocycles. The fourth-order valence-electron chi connectivity index (χ4n) is 3.32. The monoisotopic (exact) mass is 416 g/mol. The summed E-state index contributed by atoms with van der Waals surface area (Å²) in [5, 5.41) is 2.78. The van der Waals surface area contributed by atoms with E-state index >= 15 is 0 Å². The molecule has 1 aliphatic heterocycles. The first kappa shape index (κ1) is 21.3. The second-order valence-electron chi connectivity index (χ2n) is 7.36. The average molecular weight is 417 g/mol. The molecule has 1 atom stereocenters. The van der Waals surface area contributed by atoms with Gasteiger partial charge in [0.05, 0.1) is 4.90 Å². The zero-order valence-electron chi connectivity index (χ0n) is 16.9. The Labute approximate surface area is 172 Å². The van der Waals surface area contributed by atoms with Crippen molar-refractivity contribution >= 4 is 21.6 Å². The van der Waals surface area contributed by atoms with Crippen LogP contribution >= 0.6 is 0 Å². The predicted molar refractivity (Wildman–Crippen MR) is 114 cm³/mol. The van der Waals surface area contributed by atoms with Crippen molar-refractivity contribution < 1.29 is 17.9 Å². The van der Waals surface area contributed by atoms with Gasteiger partial charge in [-0.25, -0.2) is 8.42 Å². The number of hydrogen-bond acceptors (Lipinski definition) is 4. The maximum Gasteiger partial charge on any atom is 0.265 e. The number of nitrogens with one attached hydrogen (secondary N) is 1. The second kappa shape index (κ2) is 9.41. The lowest BCUT2D eigenvalue weighted by Crippen LogP contribution is -2.32. The summed E-state index contributed by atoms with van der Waals surface area (Å²) in [5.74, 6) is 0.366. The van der Waals surface area contributed by atoms with Gasteiger partial charge in [-0.15, -0.1) is 0 Å². The van der Waals surface area contributed by atoms with Gasteiger partial charge < -0.3 is 10.1 Å². The Hall–Kier alpha value is -2.38. The highest BCUT2D eigenvalue weighted by molar-refractivity contribution is 7.89. The van der Waals surface area contributed by atoms with Crippen molar-refractivity contribution in [2.45, 2.75) is 50.5 Å². The Bertz CT molecular complexity index is 934. The number of hydrogen-bond donors (Lipinski definition) is 1. The zero-order valence-corrected chi connectivity index (χ0v) is 17.7. The van der Waals surface area contributed by atoms with E-state index in [2.05, 4.69) is 5.32 Å². The average Bonchev–Trinajstić information content (AvgIpc) is 3.00. The number of nitrogens with zero attached hydrogens (tertiary/aromatic N) is 1. The lowest BCUT2D eigenvalue weighted by molar-refractivity contribution is -0.122. The first-order chi connectivity index (χ1) is 13.9. The van der Waals surface area contributed by atoms with Gasteiger partial charge in [-0.3, -0.25) is 4.79 Å². The Morgan fingerprint density at radius 3 is 2.24 bits per heavy atom. The molecule has 1 N–H and O–H groups in total. The number of rotatable bonds is 6. The number of para-hydroxylation sites is 1. The molecule has 1 amide bonds. The van der Waals surface area contributed by atoms with E-state index in [4.69, 9.17) is 4.74 Å². The summed E-state index contributed by atoms with van der Waals surface area (Å²) in [7, 11) is -3.50. The number of sulfonamides is 1. The Morgan fingerprint density at radius 2 is 1.62 bits per heavy atom. The van der Waals surface area contributed by atoms with E-state index in [1.54, 1.807) is 35.5 Å². The lowest BCUT2D eigenvalue weighted by Gasteiger charge is -2.20. The van der Waals surface area contributed by atoms with Gasteiger partial charge in [0.15, 0.2) is 6.10 Å². The van der Waals surface area contributed by atoms with Crippen LogP contribution in [0.2, 0.25) is 0 Å². The summed E-state index contributed by atoms with van der Waals surface area (Å²) >= 11 is 0. The lowest BCUT2D eigenvalue weighted by atomic mass is 10.2. The molecule has 2 aromatic rings. The van der Waals surface area contributed by atoms with E-state index in [0.29, 0.717) is 24.5 Å². The van der Waals surface area contributed by atoms with Crippen LogP contribution in [0.4, 0.5) is 5.69 Å². The molecule has 0 aromatic heterocycles. The highest BCUT2D eigenvalue weighted by atomic mass is 32.2. The molecule has 1 saturated heterocycles.